The van der Waals surface area contributed by atoms with Crippen LogP contribution in [0.15, 0.2) is 54.6 Å². The Kier molecular flexibility index (Phi) is 6.18. The minimum absolute atomic E-state index is 0.0175. The van der Waals surface area contributed by atoms with Gasteiger partial charge in [-0.2, -0.15) is 0 Å². The van der Waals surface area contributed by atoms with Crippen LogP contribution >= 0.6 is 11.3 Å². The molecule has 1 unspecified atom stereocenters. The molecule has 3 aromatic rings. The van der Waals surface area contributed by atoms with E-state index in [1.807, 2.05) is 30.3 Å². The van der Waals surface area contributed by atoms with Crippen LogP contribution in [0.1, 0.15) is 23.0 Å². The Hall–Kier alpha value is -3.46. The molecule has 1 atom stereocenters. The topological polar surface area (TPSA) is 119 Å². The summed E-state index contributed by atoms with van der Waals surface area (Å²) in [5.41, 5.74) is 5.98. The van der Waals surface area contributed by atoms with Gasteiger partial charge in [0.25, 0.3) is 0 Å². The van der Waals surface area contributed by atoms with Crippen molar-refractivity contribution in [2.75, 3.05) is 5.32 Å². The van der Waals surface area contributed by atoms with E-state index >= 15 is 0 Å². The molecule has 4 N–H and O–H groups in total. The number of hydrogen-bond acceptors (Lipinski definition) is 6. The standard InChI is InChI=1S/C19H19N5O3S/c1-12-23-24-19(28-12)22-17(25)11-16(21-18(20)26)13-6-5-9-15(10-13)27-14-7-3-2-4-8-14/h2-10,16H,11H2,1H3,(H3,20,21,26)(H,22,24,25). The summed E-state index contributed by atoms with van der Waals surface area (Å²) in [6.07, 6.45) is -0.0175. The number of carbonyl (C=O) groups excluding carboxylic acids is 2. The number of anilines is 1. The number of primary amides is 1. The first-order valence-corrected chi connectivity index (χ1v) is 9.30. The number of aryl methyl sites for hydroxylation is 1. The molecule has 1 heterocycles. The van der Waals surface area contributed by atoms with Crippen LogP contribution in [0.5, 0.6) is 11.5 Å². The average molecular weight is 397 g/mol. The maximum atomic E-state index is 12.4. The summed E-state index contributed by atoms with van der Waals surface area (Å²) in [6, 6.07) is 15.1. The minimum atomic E-state index is -0.723. The van der Waals surface area contributed by atoms with Gasteiger partial charge in [-0.25, -0.2) is 4.79 Å². The predicted molar refractivity (Wildman–Crippen MR) is 106 cm³/mol. The fourth-order valence-electron chi connectivity index (χ4n) is 2.55. The third kappa shape index (κ3) is 5.52. The van der Waals surface area contributed by atoms with E-state index in [0.717, 1.165) is 5.01 Å². The van der Waals surface area contributed by atoms with Crippen molar-refractivity contribution in [1.29, 1.82) is 0 Å². The van der Waals surface area contributed by atoms with Crippen LogP contribution < -0.4 is 21.1 Å². The highest BCUT2D eigenvalue weighted by Gasteiger charge is 2.19. The van der Waals surface area contributed by atoms with Crippen LogP contribution in [0.4, 0.5) is 9.93 Å². The summed E-state index contributed by atoms with van der Waals surface area (Å²) >= 11 is 1.27. The lowest BCUT2D eigenvalue weighted by Gasteiger charge is -2.18. The third-order valence-corrected chi connectivity index (χ3v) is 4.47. The Balaban J connectivity index is 1.74. The van der Waals surface area contributed by atoms with Crippen molar-refractivity contribution in [3.8, 4) is 11.5 Å². The number of para-hydroxylation sites is 1. The van der Waals surface area contributed by atoms with Gasteiger partial charge in [0.1, 0.15) is 16.5 Å². The largest absolute Gasteiger partial charge is 0.457 e. The van der Waals surface area contributed by atoms with Crippen molar-refractivity contribution >= 4 is 28.4 Å². The van der Waals surface area contributed by atoms with Gasteiger partial charge in [-0.1, -0.05) is 41.7 Å². The number of nitrogens with one attached hydrogen (secondary N) is 2. The smallest absolute Gasteiger partial charge is 0.312 e. The van der Waals surface area contributed by atoms with Crippen molar-refractivity contribution < 1.29 is 14.3 Å². The molecule has 1 aromatic heterocycles. The number of rotatable bonds is 7. The summed E-state index contributed by atoms with van der Waals surface area (Å²) in [6.45, 7) is 1.79. The summed E-state index contributed by atoms with van der Waals surface area (Å²) in [5, 5.41) is 14.1. The zero-order valence-corrected chi connectivity index (χ0v) is 15.9. The molecule has 0 saturated heterocycles. The molecule has 8 nitrogen and oxygen atoms in total. The number of hydrogen-bond donors (Lipinski definition) is 3. The van der Waals surface area contributed by atoms with Crippen molar-refractivity contribution in [3.63, 3.8) is 0 Å². The number of benzene rings is 2. The van der Waals surface area contributed by atoms with E-state index < -0.39 is 12.1 Å². The second-order valence-corrected chi connectivity index (χ2v) is 7.11. The zero-order chi connectivity index (χ0) is 19.9. The van der Waals surface area contributed by atoms with Crippen LogP contribution in [0.2, 0.25) is 0 Å². The maximum Gasteiger partial charge on any atom is 0.312 e. The third-order valence-electron chi connectivity index (χ3n) is 3.72. The molecule has 9 heteroatoms. The number of amides is 3. The van der Waals surface area contributed by atoms with Gasteiger partial charge in [0.05, 0.1) is 12.5 Å². The normalized spacial score (nSPS) is 11.5. The maximum absolute atomic E-state index is 12.4. The van der Waals surface area contributed by atoms with Crippen LogP contribution in [0, 0.1) is 6.92 Å². The van der Waals surface area contributed by atoms with E-state index in [1.54, 1.807) is 31.2 Å². The molecule has 0 aliphatic heterocycles. The second-order valence-electron chi connectivity index (χ2n) is 5.93. The van der Waals surface area contributed by atoms with Crippen molar-refractivity contribution in [1.82, 2.24) is 15.5 Å². The highest BCUT2D eigenvalue weighted by molar-refractivity contribution is 7.15. The SMILES string of the molecule is Cc1nnc(NC(=O)CC(NC(N)=O)c2cccc(Oc3ccccc3)c2)s1. The first-order chi connectivity index (χ1) is 13.5. The fourth-order valence-corrected chi connectivity index (χ4v) is 3.15. The minimum Gasteiger partial charge on any atom is -0.457 e. The van der Waals surface area contributed by atoms with Gasteiger partial charge in [0.15, 0.2) is 0 Å². The number of urea groups is 1. The van der Waals surface area contributed by atoms with Gasteiger partial charge in [-0.15, -0.1) is 10.2 Å². The van der Waals surface area contributed by atoms with Gasteiger partial charge in [-0.3, -0.25) is 4.79 Å². The molecule has 28 heavy (non-hydrogen) atoms. The van der Waals surface area contributed by atoms with Crippen LogP contribution in [-0.2, 0) is 4.79 Å². The lowest BCUT2D eigenvalue weighted by atomic mass is 10.0. The molecule has 0 aliphatic rings. The number of carbonyl (C=O) groups is 2. The number of nitrogens with zero attached hydrogens (tertiary/aromatic N) is 2. The Morgan fingerprint density at radius 3 is 2.54 bits per heavy atom. The quantitative estimate of drug-likeness (QED) is 0.565. The number of ether oxygens (including phenoxy) is 1. The van der Waals surface area contributed by atoms with Crippen molar-refractivity contribution in [2.24, 2.45) is 5.73 Å². The van der Waals surface area contributed by atoms with Gasteiger partial charge in [0.2, 0.25) is 11.0 Å². The molecule has 0 radical (unpaired) electrons. The molecule has 0 aliphatic carbocycles. The zero-order valence-electron chi connectivity index (χ0n) is 15.1. The summed E-state index contributed by atoms with van der Waals surface area (Å²) < 4.78 is 5.82. The molecule has 144 valence electrons. The summed E-state index contributed by atoms with van der Waals surface area (Å²) in [4.78, 5) is 23.8. The predicted octanol–water partition coefficient (Wildman–Crippen LogP) is 3.38. The van der Waals surface area contributed by atoms with Crippen LogP contribution in [-0.4, -0.2) is 22.1 Å². The lowest BCUT2D eigenvalue weighted by Crippen LogP contribution is -2.35. The highest BCUT2D eigenvalue weighted by atomic mass is 32.1. The van der Waals surface area contributed by atoms with E-state index in [2.05, 4.69) is 20.8 Å². The van der Waals surface area contributed by atoms with Crippen LogP contribution in [0.25, 0.3) is 0 Å². The number of nitrogens with two attached hydrogens (primary N) is 1. The Labute approximate surface area is 165 Å². The lowest BCUT2D eigenvalue weighted by molar-refractivity contribution is -0.116. The molecular weight excluding hydrogens is 378 g/mol. The molecule has 2 aromatic carbocycles. The first kappa shape index (κ1) is 19.3. The van der Waals surface area contributed by atoms with E-state index in [4.69, 9.17) is 10.5 Å². The van der Waals surface area contributed by atoms with Crippen molar-refractivity contribution in [3.05, 3.63) is 65.2 Å². The molecular formula is C19H19N5O3S. The molecule has 0 spiro atoms. The van der Waals surface area contributed by atoms with Gasteiger partial charge in [-0.05, 0) is 36.8 Å². The molecule has 0 saturated carbocycles. The summed E-state index contributed by atoms with van der Waals surface area (Å²) in [5.74, 6) is 0.952. The monoisotopic (exact) mass is 397 g/mol. The highest BCUT2D eigenvalue weighted by Crippen LogP contribution is 2.26. The summed E-state index contributed by atoms with van der Waals surface area (Å²) in [7, 11) is 0. The fraction of sp³-hybridized carbons (Fsp3) is 0.158. The Morgan fingerprint density at radius 1 is 1.11 bits per heavy atom. The second kappa shape index (κ2) is 8.96. The van der Waals surface area contributed by atoms with Gasteiger partial charge >= 0.3 is 6.03 Å². The van der Waals surface area contributed by atoms with E-state index in [9.17, 15) is 9.59 Å². The van der Waals surface area contributed by atoms with Crippen LogP contribution in [0.3, 0.4) is 0 Å². The van der Waals surface area contributed by atoms with Gasteiger partial charge < -0.3 is 21.1 Å². The Bertz CT molecular complexity index is 961. The van der Waals surface area contributed by atoms with Crippen molar-refractivity contribution in [2.45, 2.75) is 19.4 Å². The Morgan fingerprint density at radius 2 is 1.86 bits per heavy atom. The number of aromatic nitrogens is 2. The first-order valence-electron chi connectivity index (χ1n) is 8.48. The molecule has 0 bridgehead atoms. The van der Waals surface area contributed by atoms with E-state index in [1.165, 1.54) is 11.3 Å². The average Bonchev–Trinajstić information content (AvgIpc) is 3.06. The molecule has 0 fully saturated rings. The van der Waals surface area contributed by atoms with E-state index in [-0.39, 0.29) is 12.3 Å². The van der Waals surface area contributed by atoms with Gasteiger partial charge in [0, 0.05) is 0 Å². The molecule has 3 rings (SSSR count). The molecule has 3 amide bonds. The van der Waals surface area contributed by atoms with E-state index in [0.29, 0.717) is 22.2 Å².